The summed E-state index contributed by atoms with van der Waals surface area (Å²) in [6.07, 6.45) is 0. The SMILES string of the molecule is CCN(CC)CCNC(CN)c1cc(Cl)ccc1Br. The van der Waals surface area contributed by atoms with E-state index in [4.69, 9.17) is 17.3 Å². The van der Waals surface area contributed by atoms with Crippen LogP contribution in [0, 0.1) is 0 Å². The molecule has 108 valence electrons. The van der Waals surface area contributed by atoms with Crippen molar-refractivity contribution in [2.24, 2.45) is 5.73 Å². The van der Waals surface area contributed by atoms with Crippen LogP contribution in [0.2, 0.25) is 5.02 Å². The molecular weight excluding hydrogens is 326 g/mol. The summed E-state index contributed by atoms with van der Waals surface area (Å²) in [6.45, 7) is 9.01. The Labute approximate surface area is 129 Å². The first-order valence-electron chi connectivity index (χ1n) is 6.73. The van der Waals surface area contributed by atoms with Crippen molar-refractivity contribution < 1.29 is 0 Å². The highest BCUT2D eigenvalue weighted by Gasteiger charge is 2.13. The molecule has 0 heterocycles. The molecular formula is C14H23BrClN3. The van der Waals surface area contributed by atoms with Gasteiger partial charge >= 0.3 is 0 Å². The van der Waals surface area contributed by atoms with Crippen LogP contribution in [0.5, 0.6) is 0 Å². The van der Waals surface area contributed by atoms with Gasteiger partial charge in [-0.15, -0.1) is 0 Å². The number of benzene rings is 1. The Morgan fingerprint density at radius 2 is 2.05 bits per heavy atom. The number of rotatable bonds is 8. The fourth-order valence-corrected chi connectivity index (χ4v) is 2.74. The summed E-state index contributed by atoms with van der Waals surface area (Å²) >= 11 is 9.61. The van der Waals surface area contributed by atoms with Gasteiger partial charge in [-0.3, -0.25) is 0 Å². The van der Waals surface area contributed by atoms with Gasteiger partial charge in [-0.2, -0.15) is 0 Å². The summed E-state index contributed by atoms with van der Waals surface area (Å²) in [5.41, 5.74) is 6.99. The predicted molar refractivity (Wildman–Crippen MR) is 86.7 cm³/mol. The van der Waals surface area contributed by atoms with E-state index in [1.807, 2.05) is 18.2 Å². The fraction of sp³-hybridized carbons (Fsp3) is 0.571. The van der Waals surface area contributed by atoms with Gasteiger partial charge in [-0.25, -0.2) is 0 Å². The van der Waals surface area contributed by atoms with Gasteiger partial charge in [0.25, 0.3) is 0 Å². The van der Waals surface area contributed by atoms with Crippen molar-refractivity contribution in [1.82, 2.24) is 10.2 Å². The number of halogens is 2. The average Bonchev–Trinajstić information content (AvgIpc) is 2.42. The monoisotopic (exact) mass is 347 g/mol. The van der Waals surface area contributed by atoms with Crippen molar-refractivity contribution >= 4 is 27.5 Å². The Bertz CT molecular complexity index is 383. The van der Waals surface area contributed by atoms with E-state index in [2.05, 4.69) is 40.0 Å². The van der Waals surface area contributed by atoms with Gasteiger partial charge in [0.1, 0.15) is 0 Å². The number of nitrogens with two attached hydrogens (primary N) is 1. The van der Waals surface area contributed by atoms with Gasteiger partial charge in [0.2, 0.25) is 0 Å². The zero-order valence-corrected chi connectivity index (χ0v) is 14.0. The minimum atomic E-state index is 0.128. The molecule has 1 aromatic carbocycles. The Kier molecular flexibility index (Phi) is 7.95. The predicted octanol–water partition coefficient (Wildman–Crippen LogP) is 3.03. The summed E-state index contributed by atoms with van der Waals surface area (Å²) in [5, 5.41) is 4.24. The van der Waals surface area contributed by atoms with E-state index in [1.54, 1.807) is 0 Å². The highest BCUT2D eigenvalue weighted by molar-refractivity contribution is 9.10. The van der Waals surface area contributed by atoms with E-state index in [-0.39, 0.29) is 6.04 Å². The fourth-order valence-electron chi connectivity index (χ4n) is 2.04. The lowest BCUT2D eigenvalue weighted by molar-refractivity contribution is 0.296. The summed E-state index contributed by atoms with van der Waals surface area (Å²) < 4.78 is 1.04. The largest absolute Gasteiger partial charge is 0.329 e. The van der Waals surface area contributed by atoms with E-state index in [0.717, 1.165) is 41.2 Å². The third-order valence-electron chi connectivity index (χ3n) is 3.28. The van der Waals surface area contributed by atoms with Crippen molar-refractivity contribution in [1.29, 1.82) is 0 Å². The molecule has 0 radical (unpaired) electrons. The third kappa shape index (κ3) is 5.40. The second-order valence-corrected chi connectivity index (χ2v) is 5.73. The van der Waals surface area contributed by atoms with E-state index in [9.17, 15) is 0 Å². The van der Waals surface area contributed by atoms with Crippen LogP contribution in [0.4, 0.5) is 0 Å². The van der Waals surface area contributed by atoms with Crippen LogP contribution in [0.1, 0.15) is 25.5 Å². The normalized spacial score (nSPS) is 12.9. The summed E-state index contributed by atoms with van der Waals surface area (Å²) in [6, 6.07) is 5.93. The number of hydrogen-bond acceptors (Lipinski definition) is 3. The molecule has 0 aliphatic carbocycles. The summed E-state index contributed by atoms with van der Waals surface area (Å²) in [7, 11) is 0. The number of nitrogens with zero attached hydrogens (tertiary/aromatic N) is 1. The zero-order valence-electron chi connectivity index (χ0n) is 11.6. The van der Waals surface area contributed by atoms with Crippen molar-refractivity contribution in [3.05, 3.63) is 33.3 Å². The first-order valence-corrected chi connectivity index (χ1v) is 7.90. The number of nitrogens with one attached hydrogen (secondary N) is 1. The maximum atomic E-state index is 6.05. The van der Waals surface area contributed by atoms with E-state index in [0.29, 0.717) is 6.54 Å². The molecule has 0 saturated heterocycles. The molecule has 0 saturated carbocycles. The topological polar surface area (TPSA) is 41.3 Å². The second kappa shape index (κ2) is 8.93. The molecule has 19 heavy (non-hydrogen) atoms. The van der Waals surface area contributed by atoms with Crippen LogP contribution in [-0.4, -0.2) is 37.6 Å². The second-order valence-electron chi connectivity index (χ2n) is 4.44. The van der Waals surface area contributed by atoms with E-state index in [1.165, 1.54) is 0 Å². The molecule has 0 spiro atoms. The molecule has 1 unspecified atom stereocenters. The molecule has 3 nitrogen and oxygen atoms in total. The molecule has 0 bridgehead atoms. The Morgan fingerprint density at radius 1 is 1.37 bits per heavy atom. The Hall–Kier alpha value is -0.130. The van der Waals surface area contributed by atoms with Gasteiger partial charge in [0.15, 0.2) is 0 Å². The van der Waals surface area contributed by atoms with Crippen LogP contribution in [0.3, 0.4) is 0 Å². The van der Waals surface area contributed by atoms with Crippen LogP contribution in [0.15, 0.2) is 22.7 Å². The third-order valence-corrected chi connectivity index (χ3v) is 4.24. The molecule has 5 heteroatoms. The van der Waals surface area contributed by atoms with Crippen LogP contribution in [0.25, 0.3) is 0 Å². The van der Waals surface area contributed by atoms with Gasteiger partial charge in [0.05, 0.1) is 0 Å². The average molecular weight is 349 g/mol. The van der Waals surface area contributed by atoms with E-state index < -0.39 is 0 Å². The molecule has 1 atom stereocenters. The lowest BCUT2D eigenvalue weighted by Crippen LogP contribution is -2.36. The van der Waals surface area contributed by atoms with Gasteiger partial charge in [0, 0.05) is 35.2 Å². The lowest BCUT2D eigenvalue weighted by atomic mass is 10.1. The molecule has 0 aliphatic heterocycles. The molecule has 0 amide bonds. The smallest absolute Gasteiger partial charge is 0.0456 e. The first kappa shape index (κ1) is 16.9. The first-order chi connectivity index (χ1) is 9.12. The van der Waals surface area contributed by atoms with Crippen molar-refractivity contribution in [2.45, 2.75) is 19.9 Å². The quantitative estimate of drug-likeness (QED) is 0.759. The molecule has 3 N–H and O–H groups in total. The standard InChI is InChI=1S/C14H23BrClN3/c1-3-19(4-2)8-7-18-14(10-17)12-9-11(16)5-6-13(12)15/h5-6,9,14,18H,3-4,7-8,10,17H2,1-2H3. The maximum Gasteiger partial charge on any atom is 0.0456 e. The summed E-state index contributed by atoms with van der Waals surface area (Å²) in [4.78, 5) is 2.38. The number of hydrogen-bond donors (Lipinski definition) is 2. The highest BCUT2D eigenvalue weighted by Crippen LogP contribution is 2.26. The van der Waals surface area contributed by atoms with Crippen LogP contribution >= 0.6 is 27.5 Å². The van der Waals surface area contributed by atoms with Gasteiger partial charge in [-0.1, -0.05) is 41.4 Å². The molecule has 1 aromatic rings. The molecule has 1 rings (SSSR count). The highest BCUT2D eigenvalue weighted by atomic mass is 79.9. The minimum Gasteiger partial charge on any atom is -0.329 e. The van der Waals surface area contributed by atoms with Crippen molar-refractivity contribution in [3.63, 3.8) is 0 Å². The van der Waals surface area contributed by atoms with Crippen molar-refractivity contribution in [2.75, 3.05) is 32.7 Å². The molecule has 0 aromatic heterocycles. The van der Waals surface area contributed by atoms with Crippen molar-refractivity contribution in [3.8, 4) is 0 Å². The molecule has 0 fully saturated rings. The number of likely N-dealkylation sites (N-methyl/N-ethyl adjacent to an activating group) is 1. The van der Waals surface area contributed by atoms with Crippen LogP contribution in [-0.2, 0) is 0 Å². The van der Waals surface area contributed by atoms with Gasteiger partial charge in [-0.05, 0) is 36.9 Å². The Morgan fingerprint density at radius 3 is 2.63 bits per heavy atom. The molecule has 0 aliphatic rings. The van der Waals surface area contributed by atoms with Crippen LogP contribution < -0.4 is 11.1 Å². The zero-order chi connectivity index (χ0) is 14.3. The Balaban J connectivity index is 2.60. The lowest BCUT2D eigenvalue weighted by Gasteiger charge is -2.22. The minimum absolute atomic E-state index is 0.128. The van der Waals surface area contributed by atoms with E-state index >= 15 is 0 Å². The summed E-state index contributed by atoms with van der Waals surface area (Å²) in [5.74, 6) is 0. The maximum absolute atomic E-state index is 6.05. The van der Waals surface area contributed by atoms with Gasteiger partial charge < -0.3 is 16.0 Å².